The summed E-state index contributed by atoms with van der Waals surface area (Å²) in [6.45, 7) is 2.78. The molecule has 0 amide bonds. The Balaban J connectivity index is 1.51. The molecule has 0 radical (unpaired) electrons. The molecule has 2 N–H and O–H groups in total. The lowest BCUT2D eigenvalue weighted by Gasteiger charge is -2.22. The summed E-state index contributed by atoms with van der Waals surface area (Å²) < 4.78 is 16.4. The van der Waals surface area contributed by atoms with Crippen LogP contribution in [-0.2, 0) is 9.47 Å². The van der Waals surface area contributed by atoms with Gasteiger partial charge in [0.05, 0.1) is 6.54 Å². The van der Waals surface area contributed by atoms with Gasteiger partial charge in [-0.25, -0.2) is 4.99 Å². The highest BCUT2D eigenvalue weighted by atomic mass is 16.5. The summed E-state index contributed by atoms with van der Waals surface area (Å²) >= 11 is 0. The van der Waals surface area contributed by atoms with Crippen LogP contribution in [0.4, 0.5) is 0 Å². The zero-order valence-electron chi connectivity index (χ0n) is 11.5. The number of hydrogen-bond donors (Lipinski definition) is 1. The normalized spacial score (nSPS) is 23.2. The van der Waals surface area contributed by atoms with Gasteiger partial charge < -0.3 is 19.9 Å². The molecule has 1 fully saturated rings. The Kier molecular flexibility index (Phi) is 4.06. The van der Waals surface area contributed by atoms with E-state index < -0.39 is 0 Å². The van der Waals surface area contributed by atoms with Gasteiger partial charge in [0, 0.05) is 13.2 Å². The van der Waals surface area contributed by atoms with Crippen molar-refractivity contribution in [2.24, 2.45) is 10.7 Å². The second-order valence-electron chi connectivity index (χ2n) is 5.19. The lowest BCUT2D eigenvalue weighted by molar-refractivity contribution is 0.0853. The molecule has 2 heterocycles. The van der Waals surface area contributed by atoms with E-state index in [0.717, 1.165) is 31.8 Å². The summed E-state index contributed by atoms with van der Waals surface area (Å²) in [6.07, 6.45) is 2.14. The van der Waals surface area contributed by atoms with E-state index in [1.807, 2.05) is 12.1 Å². The number of amidine groups is 1. The first-order valence-corrected chi connectivity index (χ1v) is 7.08. The van der Waals surface area contributed by atoms with E-state index in [4.69, 9.17) is 19.9 Å². The number of nitrogens with two attached hydrogens (primary N) is 1. The average Bonchev–Trinajstić information content (AvgIpc) is 2.92. The topological polar surface area (TPSA) is 66.1 Å². The highest BCUT2D eigenvalue weighted by molar-refractivity contribution is 5.73. The van der Waals surface area contributed by atoms with Gasteiger partial charge in [-0.2, -0.15) is 0 Å². The molecular formula is C15H20N2O3. The van der Waals surface area contributed by atoms with E-state index in [2.05, 4.69) is 17.1 Å². The summed E-state index contributed by atoms with van der Waals surface area (Å²) in [6, 6.07) is 8.58. The molecule has 1 aromatic carbocycles. The quantitative estimate of drug-likeness (QED) is 0.908. The first kappa shape index (κ1) is 13.2. The molecule has 2 aliphatic rings. The molecule has 2 aliphatic heterocycles. The van der Waals surface area contributed by atoms with Crippen LogP contribution in [-0.4, -0.2) is 38.5 Å². The van der Waals surface area contributed by atoms with E-state index in [9.17, 15) is 0 Å². The van der Waals surface area contributed by atoms with E-state index >= 15 is 0 Å². The molecular weight excluding hydrogens is 256 g/mol. The predicted molar refractivity (Wildman–Crippen MR) is 76.1 cm³/mol. The summed E-state index contributed by atoms with van der Waals surface area (Å²) in [5.74, 6) is 1.47. The Labute approximate surface area is 118 Å². The highest BCUT2D eigenvalue weighted by Gasteiger charge is 2.19. The number of nitrogens with zero attached hydrogens (tertiary/aromatic N) is 1. The smallest absolute Gasteiger partial charge is 0.282 e. The first-order chi connectivity index (χ1) is 9.81. The second-order valence-corrected chi connectivity index (χ2v) is 5.19. The van der Waals surface area contributed by atoms with Crippen molar-refractivity contribution in [1.29, 1.82) is 0 Å². The van der Waals surface area contributed by atoms with E-state index in [0.29, 0.717) is 19.1 Å². The van der Waals surface area contributed by atoms with Crippen LogP contribution < -0.4 is 10.5 Å². The van der Waals surface area contributed by atoms with E-state index in [-0.39, 0.29) is 12.1 Å². The van der Waals surface area contributed by atoms with Crippen LogP contribution in [0.3, 0.4) is 0 Å². The summed E-state index contributed by atoms with van der Waals surface area (Å²) in [5.41, 5.74) is 6.82. The van der Waals surface area contributed by atoms with Crippen LogP contribution >= 0.6 is 0 Å². The third-order valence-corrected chi connectivity index (χ3v) is 3.75. The number of ether oxygens (including phenoxy) is 3. The SMILES string of the molecule is NC1=NCC(COc2ccc(C3CCOCC3)cc2)O1. The molecule has 1 atom stereocenters. The van der Waals surface area contributed by atoms with Crippen molar-refractivity contribution in [3.05, 3.63) is 29.8 Å². The number of aliphatic imine (C=N–C) groups is 1. The van der Waals surface area contributed by atoms with Crippen LogP contribution in [0, 0.1) is 0 Å². The van der Waals surface area contributed by atoms with Gasteiger partial charge in [0.1, 0.15) is 12.4 Å². The van der Waals surface area contributed by atoms with Crippen molar-refractivity contribution >= 4 is 6.02 Å². The van der Waals surface area contributed by atoms with Gasteiger partial charge >= 0.3 is 0 Å². The van der Waals surface area contributed by atoms with Crippen LogP contribution in [0.15, 0.2) is 29.3 Å². The average molecular weight is 276 g/mol. The number of benzene rings is 1. The summed E-state index contributed by atoms with van der Waals surface area (Å²) in [7, 11) is 0. The van der Waals surface area contributed by atoms with Crippen molar-refractivity contribution in [3.8, 4) is 5.75 Å². The Hall–Kier alpha value is -1.75. The molecule has 5 heteroatoms. The minimum atomic E-state index is -0.0647. The lowest BCUT2D eigenvalue weighted by atomic mass is 9.92. The maximum Gasteiger partial charge on any atom is 0.282 e. The molecule has 0 bridgehead atoms. The fourth-order valence-corrected chi connectivity index (χ4v) is 2.58. The Morgan fingerprint density at radius 3 is 2.60 bits per heavy atom. The minimum absolute atomic E-state index is 0.0647. The molecule has 108 valence electrons. The molecule has 20 heavy (non-hydrogen) atoms. The molecule has 0 aliphatic carbocycles. The van der Waals surface area contributed by atoms with Crippen LogP contribution in [0.5, 0.6) is 5.75 Å². The van der Waals surface area contributed by atoms with Crippen LogP contribution in [0.1, 0.15) is 24.3 Å². The zero-order valence-corrected chi connectivity index (χ0v) is 11.5. The maximum absolute atomic E-state index is 5.70. The highest BCUT2D eigenvalue weighted by Crippen LogP contribution is 2.28. The van der Waals surface area contributed by atoms with Gasteiger partial charge in [0.25, 0.3) is 6.02 Å². The van der Waals surface area contributed by atoms with Crippen molar-refractivity contribution < 1.29 is 14.2 Å². The first-order valence-electron chi connectivity index (χ1n) is 7.08. The second kappa shape index (κ2) is 6.13. The lowest BCUT2D eigenvalue weighted by Crippen LogP contribution is -2.24. The summed E-state index contributed by atoms with van der Waals surface area (Å²) in [4.78, 5) is 3.99. The Morgan fingerprint density at radius 1 is 1.20 bits per heavy atom. The predicted octanol–water partition coefficient (Wildman–Crippen LogP) is 1.67. The molecule has 0 aromatic heterocycles. The molecule has 1 aromatic rings. The largest absolute Gasteiger partial charge is 0.490 e. The summed E-state index contributed by atoms with van der Waals surface area (Å²) in [5, 5.41) is 0. The molecule has 5 nitrogen and oxygen atoms in total. The van der Waals surface area contributed by atoms with Gasteiger partial charge in [-0.15, -0.1) is 0 Å². The van der Waals surface area contributed by atoms with Crippen molar-refractivity contribution in [2.75, 3.05) is 26.4 Å². The molecule has 0 saturated carbocycles. The maximum atomic E-state index is 5.70. The van der Waals surface area contributed by atoms with Gasteiger partial charge in [-0.1, -0.05) is 12.1 Å². The molecule has 1 saturated heterocycles. The molecule has 1 unspecified atom stereocenters. The monoisotopic (exact) mass is 276 g/mol. The number of hydrogen-bond acceptors (Lipinski definition) is 5. The Morgan fingerprint density at radius 2 is 1.95 bits per heavy atom. The molecule has 0 spiro atoms. The van der Waals surface area contributed by atoms with Gasteiger partial charge in [-0.05, 0) is 36.5 Å². The van der Waals surface area contributed by atoms with E-state index in [1.54, 1.807) is 0 Å². The fourth-order valence-electron chi connectivity index (χ4n) is 2.58. The van der Waals surface area contributed by atoms with Gasteiger partial charge in [-0.3, -0.25) is 0 Å². The van der Waals surface area contributed by atoms with Crippen LogP contribution in [0.25, 0.3) is 0 Å². The van der Waals surface area contributed by atoms with Crippen molar-refractivity contribution in [1.82, 2.24) is 0 Å². The van der Waals surface area contributed by atoms with Crippen molar-refractivity contribution in [3.63, 3.8) is 0 Å². The zero-order chi connectivity index (χ0) is 13.8. The standard InChI is InChI=1S/C15H20N2O3/c16-15-17-9-14(20-15)10-19-13-3-1-11(2-4-13)12-5-7-18-8-6-12/h1-4,12,14H,5-10H2,(H2,16,17). The van der Waals surface area contributed by atoms with E-state index in [1.165, 1.54) is 5.56 Å². The van der Waals surface area contributed by atoms with Gasteiger partial charge in [0.2, 0.25) is 0 Å². The minimum Gasteiger partial charge on any atom is -0.490 e. The molecule has 3 rings (SSSR count). The third-order valence-electron chi connectivity index (χ3n) is 3.75. The van der Waals surface area contributed by atoms with Gasteiger partial charge in [0.15, 0.2) is 6.10 Å². The Bertz CT molecular complexity index is 467. The fraction of sp³-hybridized carbons (Fsp3) is 0.533. The van der Waals surface area contributed by atoms with Crippen LogP contribution in [0.2, 0.25) is 0 Å². The van der Waals surface area contributed by atoms with Crippen molar-refractivity contribution in [2.45, 2.75) is 24.9 Å². The third kappa shape index (κ3) is 3.22. The number of rotatable bonds is 4.